The van der Waals surface area contributed by atoms with Crippen molar-refractivity contribution in [3.63, 3.8) is 0 Å². The summed E-state index contributed by atoms with van der Waals surface area (Å²) in [6.07, 6.45) is 1.36. The molecule has 1 aliphatic heterocycles. The quantitative estimate of drug-likeness (QED) is 0.577. The third-order valence-electron chi connectivity index (χ3n) is 5.65. The predicted molar refractivity (Wildman–Crippen MR) is 125 cm³/mol. The van der Waals surface area contributed by atoms with Crippen LogP contribution < -0.4 is 15.4 Å². The molecule has 2 aromatic carbocycles. The van der Waals surface area contributed by atoms with E-state index in [4.69, 9.17) is 4.74 Å². The summed E-state index contributed by atoms with van der Waals surface area (Å²) >= 11 is 0. The lowest BCUT2D eigenvalue weighted by molar-refractivity contribution is -0.135. The van der Waals surface area contributed by atoms with E-state index in [9.17, 15) is 14.0 Å². The first kappa shape index (κ1) is 24.5. The number of nitrogens with one attached hydrogen (secondary N) is 2. The van der Waals surface area contributed by atoms with E-state index >= 15 is 0 Å². The highest BCUT2D eigenvalue weighted by molar-refractivity contribution is 5.87. The third kappa shape index (κ3) is 8.05. The minimum absolute atomic E-state index is 0.0473. The van der Waals surface area contributed by atoms with Gasteiger partial charge in [-0.05, 0) is 36.2 Å². The van der Waals surface area contributed by atoms with E-state index in [-0.39, 0.29) is 18.3 Å². The maximum Gasteiger partial charge on any atom is 0.315 e. The SMILES string of the molecule is CCCC(NC(=O)NCc1ccc(F)cc1)C(=O)N1CCN(CCOc2ccccc2)CC1. The molecule has 1 aliphatic rings. The molecule has 0 spiro atoms. The van der Waals surface area contributed by atoms with E-state index in [2.05, 4.69) is 15.5 Å². The minimum atomic E-state index is -0.559. The number of nitrogens with zero attached hydrogens (tertiary/aromatic N) is 2. The largest absolute Gasteiger partial charge is 0.492 e. The van der Waals surface area contributed by atoms with E-state index in [0.717, 1.165) is 37.4 Å². The Morgan fingerprint density at radius 2 is 1.73 bits per heavy atom. The smallest absolute Gasteiger partial charge is 0.315 e. The number of amides is 3. The molecule has 1 atom stereocenters. The number of ether oxygens (including phenoxy) is 1. The molecule has 1 unspecified atom stereocenters. The standard InChI is InChI=1S/C25H33FN4O3/c1-2-6-23(28-25(32)27-19-20-9-11-21(26)12-10-20)24(31)30-15-13-29(14-16-30)17-18-33-22-7-4-3-5-8-22/h3-5,7-12,23H,2,6,13-19H2,1H3,(H2,27,28,32). The van der Waals surface area contributed by atoms with Gasteiger partial charge in [0.1, 0.15) is 24.2 Å². The Labute approximate surface area is 194 Å². The van der Waals surface area contributed by atoms with Crippen LogP contribution in [-0.4, -0.2) is 67.1 Å². The zero-order valence-electron chi connectivity index (χ0n) is 19.1. The summed E-state index contributed by atoms with van der Waals surface area (Å²) in [5.74, 6) is 0.493. The van der Waals surface area contributed by atoms with Gasteiger partial charge < -0.3 is 20.3 Å². The molecule has 7 nitrogen and oxygen atoms in total. The van der Waals surface area contributed by atoms with E-state index in [0.29, 0.717) is 26.1 Å². The topological polar surface area (TPSA) is 73.9 Å². The van der Waals surface area contributed by atoms with Gasteiger partial charge in [-0.1, -0.05) is 43.7 Å². The first-order valence-electron chi connectivity index (χ1n) is 11.5. The van der Waals surface area contributed by atoms with Crippen LogP contribution in [0.5, 0.6) is 5.75 Å². The number of hydrogen-bond donors (Lipinski definition) is 2. The number of rotatable bonds is 10. The number of hydrogen-bond acceptors (Lipinski definition) is 4. The second-order valence-corrected chi connectivity index (χ2v) is 8.12. The summed E-state index contributed by atoms with van der Waals surface area (Å²) < 4.78 is 18.8. The molecule has 2 aromatic rings. The van der Waals surface area contributed by atoms with Gasteiger partial charge in [-0.25, -0.2) is 9.18 Å². The summed E-state index contributed by atoms with van der Waals surface area (Å²) in [5.41, 5.74) is 0.789. The third-order valence-corrected chi connectivity index (χ3v) is 5.65. The Bertz CT molecular complexity index is 871. The highest BCUT2D eigenvalue weighted by Gasteiger charge is 2.28. The molecule has 0 aliphatic carbocycles. The van der Waals surface area contributed by atoms with Crippen molar-refractivity contribution in [3.8, 4) is 5.75 Å². The number of urea groups is 1. The molecule has 3 amide bonds. The number of carbonyl (C=O) groups excluding carboxylic acids is 2. The van der Waals surface area contributed by atoms with Crippen molar-refractivity contribution in [2.45, 2.75) is 32.4 Å². The number of carbonyl (C=O) groups is 2. The molecule has 0 radical (unpaired) electrons. The van der Waals surface area contributed by atoms with Gasteiger partial charge in [-0.2, -0.15) is 0 Å². The van der Waals surface area contributed by atoms with Crippen LogP contribution in [0, 0.1) is 5.82 Å². The average Bonchev–Trinajstić information content (AvgIpc) is 2.84. The van der Waals surface area contributed by atoms with Crippen molar-refractivity contribution >= 4 is 11.9 Å². The van der Waals surface area contributed by atoms with Crippen molar-refractivity contribution < 1.29 is 18.7 Å². The maximum atomic E-state index is 13.0. The highest BCUT2D eigenvalue weighted by Crippen LogP contribution is 2.10. The van der Waals surface area contributed by atoms with Gasteiger partial charge in [0, 0.05) is 39.3 Å². The number of piperazine rings is 1. The average molecular weight is 457 g/mol. The van der Waals surface area contributed by atoms with Crippen LogP contribution in [0.3, 0.4) is 0 Å². The summed E-state index contributed by atoms with van der Waals surface area (Å²) in [6.45, 7) is 6.48. The molecule has 0 bridgehead atoms. The Morgan fingerprint density at radius 3 is 2.39 bits per heavy atom. The van der Waals surface area contributed by atoms with Crippen molar-refractivity contribution in [1.82, 2.24) is 20.4 Å². The van der Waals surface area contributed by atoms with E-state index in [1.807, 2.05) is 42.2 Å². The van der Waals surface area contributed by atoms with Crippen LogP contribution in [0.15, 0.2) is 54.6 Å². The monoisotopic (exact) mass is 456 g/mol. The second kappa shape index (κ2) is 12.8. The lowest BCUT2D eigenvalue weighted by atomic mass is 10.1. The molecule has 8 heteroatoms. The van der Waals surface area contributed by atoms with Gasteiger partial charge in [0.25, 0.3) is 0 Å². The summed E-state index contributed by atoms with van der Waals surface area (Å²) in [5, 5.41) is 5.55. The molecule has 178 valence electrons. The Balaban J connectivity index is 1.40. The fourth-order valence-corrected chi connectivity index (χ4v) is 3.76. The van der Waals surface area contributed by atoms with Crippen molar-refractivity contribution in [2.24, 2.45) is 0 Å². The molecule has 2 N–H and O–H groups in total. The summed E-state index contributed by atoms with van der Waals surface area (Å²) in [6, 6.07) is 14.7. The first-order valence-corrected chi connectivity index (χ1v) is 11.5. The Hall–Kier alpha value is -3.13. The van der Waals surface area contributed by atoms with Gasteiger partial charge in [0.2, 0.25) is 5.91 Å². The van der Waals surface area contributed by atoms with Crippen LogP contribution in [-0.2, 0) is 11.3 Å². The van der Waals surface area contributed by atoms with Gasteiger partial charge in [-0.15, -0.1) is 0 Å². The van der Waals surface area contributed by atoms with Crippen LogP contribution >= 0.6 is 0 Å². The van der Waals surface area contributed by atoms with Crippen LogP contribution in [0.2, 0.25) is 0 Å². The van der Waals surface area contributed by atoms with Gasteiger partial charge in [-0.3, -0.25) is 9.69 Å². The van der Waals surface area contributed by atoms with E-state index in [1.165, 1.54) is 12.1 Å². The lowest BCUT2D eigenvalue weighted by Crippen LogP contribution is -2.56. The molecule has 0 saturated carbocycles. The molecular weight excluding hydrogens is 423 g/mol. The fraction of sp³-hybridized carbons (Fsp3) is 0.440. The Morgan fingerprint density at radius 1 is 1.03 bits per heavy atom. The number of halogens is 1. The molecular formula is C25H33FN4O3. The summed E-state index contributed by atoms with van der Waals surface area (Å²) in [4.78, 5) is 29.5. The molecule has 0 aromatic heterocycles. The number of benzene rings is 2. The summed E-state index contributed by atoms with van der Waals surface area (Å²) in [7, 11) is 0. The number of para-hydroxylation sites is 1. The van der Waals surface area contributed by atoms with Gasteiger partial charge >= 0.3 is 6.03 Å². The maximum absolute atomic E-state index is 13.0. The van der Waals surface area contributed by atoms with E-state index in [1.54, 1.807) is 12.1 Å². The highest BCUT2D eigenvalue weighted by atomic mass is 19.1. The molecule has 3 rings (SSSR count). The zero-order valence-corrected chi connectivity index (χ0v) is 19.1. The normalized spacial score (nSPS) is 15.0. The second-order valence-electron chi connectivity index (χ2n) is 8.12. The van der Waals surface area contributed by atoms with E-state index < -0.39 is 12.1 Å². The molecule has 1 saturated heterocycles. The van der Waals surface area contributed by atoms with Gasteiger partial charge in [0.05, 0.1) is 0 Å². The molecule has 1 heterocycles. The van der Waals surface area contributed by atoms with Crippen LogP contribution in [0.25, 0.3) is 0 Å². The lowest BCUT2D eigenvalue weighted by Gasteiger charge is -2.36. The first-order chi connectivity index (χ1) is 16.0. The van der Waals surface area contributed by atoms with Gasteiger partial charge in [0.15, 0.2) is 0 Å². The van der Waals surface area contributed by atoms with Crippen molar-refractivity contribution in [1.29, 1.82) is 0 Å². The zero-order chi connectivity index (χ0) is 23.5. The van der Waals surface area contributed by atoms with Crippen LogP contribution in [0.4, 0.5) is 9.18 Å². The minimum Gasteiger partial charge on any atom is -0.492 e. The van der Waals surface area contributed by atoms with Crippen molar-refractivity contribution in [2.75, 3.05) is 39.3 Å². The fourth-order valence-electron chi connectivity index (χ4n) is 3.76. The van der Waals surface area contributed by atoms with Crippen LogP contribution in [0.1, 0.15) is 25.3 Å². The molecule has 1 fully saturated rings. The molecule has 33 heavy (non-hydrogen) atoms. The van der Waals surface area contributed by atoms with Crippen molar-refractivity contribution in [3.05, 3.63) is 66.0 Å². The Kier molecular flexibility index (Phi) is 9.50. The predicted octanol–water partition coefficient (Wildman–Crippen LogP) is 3.02.